The number of benzene rings is 1. The third-order valence-electron chi connectivity index (χ3n) is 3.53. The van der Waals surface area contributed by atoms with Gasteiger partial charge in [0.25, 0.3) is 0 Å². The van der Waals surface area contributed by atoms with Gasteiger partial charge < -0.3 is 9.47 Å². The number of ketones is 1. The van der Waals surface area contributed by atoms with Gasteiger partial charge in [-0.3, -0.25) is 4.79 Å². The van der Waals surface area contributed by atoms with Crippen LogP contribution < -0.4 is 4.74 Å². The molecule has 4 heteroatoms. The maximum Gasteiger partial charge on any atom is 0.188 e. The topological polar surface area (TPSA) is 35.5 Å². The lowest BCUT2D eigenvalue weighted by atomic mass is 9.84. The summed E-state index contributed by atoms with van der Waals surface area (Å²) in [5.74, 6) is 1.70. The number of Topliss-reactive ketones (excluding diaryl/α,β-unsaturated/α-hetero) is 1. The van der Waals surface area contributed by atoms with E-state index in [0.717, 1.165) is 14.9 Å². The maximum absolute atomic E-state index is 11.8. The number of methoxy groups -OCH3 is 1. The molecule has 0 spiro atoms. The normalized spacial score (nSPS) is 22.4. The fourth-order valence-electron chi connectivity index (χ4n) is 2.22. The molecular weight excluding hydrogens is 379 g/mol. The highest BCUT2D eigenvalue weighted by atomic mass is 127. The largest absolute Gasteiger partial charge is 0.468 e. The highest BCUT2D eigenvalue weighted by Gasteiger charge is 2.23. The predicted octanol–water partition coefficient (Wildman–Crippen LogP) is 4.23. The molecule has 0 amide bonds. The number of allylic oxidation sites excluding steroid dienone is 3. The van der Waals surface area contributed by atoms with E-state index in [-0.39, 0.29) is 18.5 Å². The molecule has 0 aliphatic heterocycles. The van der Waals surface area contributed by atoms with Crippen molar-refractivity contribution in [3.63, 3.8) is 0 Å². The molecule has 2 atom stereocenters. The van der Waals surface area contributed by atoms with E-state index in [2.05, 4.69) is 47.7 Å². The minimum absolute atomic E-state index is 0.242. The number of carbonyl (C=O) groups is 1. The van der Waals surface area contributed by atoms with Gasteiger partial charge in [0.2, 0.25) is 0 Å². The van der Waals surface area contributed by atoms with Crippen LogP contribution in [0.25, 0.3) is 6.08 Å². The average molecular weight is 398 g/mol. The van der Waals surface area contributed by atoms with Gasteiger partial charge in [-0.15, -0.1) is 0 Å². The van der Waals surface area contributed by atoms with Crippen LogP contribution in [0.5, 0.6) is 5.75 Å². The van der Waals surface area contributed by atoms with Crippen LogP contribution in [-0.2, 0) is 9.53 Å². The minimum atomic E-state index is 0.242. The van der Waals surface area contributed by atoms with Crippen LogP contribution in [0.2, 0.25) is 0 Å². The van der Waals surface area contributed by atoms with E-state index in [0.29, 0.717) is 12.3 Å². The Labute approximate surface area is 139 Å². The van der Waals surface area contributed by atoms with Crippen LogP contribution in [0.15, 0.2) is 40.0 Å². The highest BCUT2D eigenvalue weighted by molar-refractivity contribution is 14.1. The van der Waals surface area contributed by atoms with E-state index in [1.165, 1.54) is 0 Å². The number of ether oxygens (including phenoxy) is 2. The monoisotopic (exact) mass is 398 g/mol. The van der Waals surface area contributed by atoms with Crippen LogP contribution in [0.3, 0.4) is 0 Å². The van der Waals surface area contributed by atoms with Crippen molar-refractivity contribution >= 4 is 34.5 Å². The molecule has 0 saturated heterocycles. The molecule has 0 saturated carbocycles. The zero-order chi connectivity index (χ0) is 15.2. The molecule has 1 aliphatic rings. The summed E-state index contributed by atoms with van der Waals surface area (Å²) in [4.78, 5) is 11.8. The Morgan fingerprint density at radius 2 is 2.05 bits per heavy atom. The highest BCUT2D eigenvalue weighted by Crippen LogP contribution is 2.30. The van der Waals surface area contributed by atoms with Gasteiger partial charge in [-0.1, -0.05) is 37.3 Å². The Kier molecular flexibility index (Phi) is 5.99. The number of halogens is 1. The van der Waals surface area contributed by atoms with Crippen LogP contribution >= 0.6 is 22.6 Å². The number of rotatable bonds is 5. The number of carbonyl (C=O) groups excluding carboxylic acids is 1. The summed E-state index contributed by atoms with van der Waals surface area (Å²) in [5.41, 5.74) is 1.10. The van der Waals surface area contributed by atoms with Crippen molar-refractivity contribution in [1.29, 1.82) is 0 Å². The van der Waals surface area contributed by atoms with E-state index in [1.807, 2.05) is 24.3 Å². The van der Waals surface area contributed by atoms with Gasteiger partial charge in [-0.25, -0.2) is 0 Å². The van der Waals surface area contributed by atoms with Crippen molar-refractivity contribution < 1.29 is 14.3 Å². The van der Waals surface area contributed by atoms with Crippen molar-refractivity contribution in [3.8, 4) is 5.75 Å². The number of hydrogen-bond acceptors (Lipinski definition) is 3. The molecule has 0 N–H and O–H groups in total. The Bertz CT molecular complexity index is 546. The third kappa shape index (κ3) is 4.68. The summed E-state index contributed by atoms with van der Waals surface area (Å²) in [6.07, 6.45) is 6.86. The molecule has 21 heavy (non-hydrogen) atoms. The van der Waals surface area contributed by atoms with Crippen LogP contribution in [0, 0.1) is 11.8 Å². The van der Waals surface area contributed by atoms with E-state index < -0.39 is 0 Å². The van der Waals surface area contributed by atoms with Gasteiger partial charge >= 0.3 is 0 Å². The zero-order valence-corrected chi connectivity index (χ0v) is 14.4. The van der Waals surface area contributed by atoms with Gasteiger partial charge in [-0.2, -0.15) is 0 Å². The fraction of sp³-hybridized carbons (Fsp3) is 0.353. The average Bonchev–Trinajstić information content (AvgIpc) is 2.48. The lowest BCUT2D eigenvalue weighted by Crippen LogP contribution is -2.18. The maximum atomic E-state index is 11.8. The van der Waals surface area contributed by atoms with Crippen molar-refractivity contribution in [2.75, 3.05) is 13.9 Å². The van der Waals surface area contributed by atoms with Gasteiger partial charge in [-0.05, 0) is 52.1 Å². The molecule has 112 valence electrons. The molecule has 2 rings (SSSR count). The zero-order valence-electron chi connectivity index (χ0n) is 12.2. The predicted molar refractivity (Wildman–Crippen MR) is 92.4 cm³/mol. The molecule has 0 radical (unpaired) electrons. The van der Waals surface area contributed by atoms with E-state index in [1.54, 1.807) is 7.11 Å². The molecule has 1 aromatic carbocycles. The second kappa shape index (κ2) is 7.75. The van der Waals surface area contributed by atoms with E-state index in [9.17, 15) is 4.79 Å². The molecule has 1 aliphatic carbocycles. The fourth-order valence-corrected chi connectivity index (χ4v) is 3.01. The lowest BCUT2D eigenvalue weighted by molar-refractivity contribution is -0.116. The first-order valence-electron chi connectivity index (χ1n) is 6.90. The minimum Gasteiger partial charge on any atom is -0.468 e. The smallest absolute Gasteiger partial charge is 0.188 e. The number of hydrogen-bond donors (Lipinski definition) is 0. The second-order valence-electron chi connectivity index (χ2n) is 5.14. The molecular formula is C17H19IO3. The first-order valence-corrected chi connectivity index (χ1v) is 7.98. The summed E-state index contributed by atoms with van der Waals surface area (Å²) >= 11 is 2.13. The third-order valence-corrected chi connectivity index (χ3v) is 4.49. The van der Waals surface area contributed by atoms with Crippen molar-refractivity contribution in [2.45, 2.75) is 13.3 Å². The Balaban J connectivity index is 1.99. The molecule has 0 heterocycles. The van der Waals surface area contributed by atoms with Gasteiger partial charge in [0.1, 0.15) is 5.75 Å². The summed E-state index contributed by atoms with van der Waals surface area (Å²) in [5, 5.41) is 0. The second-order valence-corrected chi connectivity index (χ2v) is 6.31. The molecule has 3 nitrogen and oxygen atoms in total. The molecule has 1 aromatic rings. The van der Waals surface area contributed by atoms with Crippen molar-refractivity contribution in [3.05, 3.63) is 45.6 Å². The standard InChI is InChI=1S/C17H19IO3/c1-12-9-16(18)17(19)10-14(12)6-3-13-4-7-15(8-5-13)21-11-20-2/h3-9,12,14H,10-11H2,1-2H3/b6-3+. The molecule has 2 unspecified atom stereocenters. The van der Waals surface area contributed by atoms with Crippen molar-refractivity contribution in [1.82, 2.24) is 0 Å². The summed E-state index contributed by atoms with van der Waals surface area (Å²) in [7, 11) is 1.60. The molecule has 0 fully saturated rings. The summed E-state index contributed by atoms with van der Waals surface area (Å²) in [6.45, 7) is 2.41. The van der Waals surface area contributed by atoms with Crippen LogP contribution in [0.1, 0.15) is 18.9 Å². The first-order chi connectivity index (χ1) is 10.1. The first kappa shape index (κ1) is 16.2. The van der Waals surface area contributed by atoms with E-state index in [4.69, 9.17) is 9.47 Å². The quantitative estimate of drug-likeness (QED) is 0.550. The Morgan fingerprint density at radius 3 is 2.71 bits per heavy atom. The lowest BCUT2D eigenvalue weighted by Gasteiger charge is -2.22. The summed E-state index contributed by atoms with van der Waals surface area (Å²) < 4.78 is 11.1. The van der Waals surface area contributed by atoms with Gasteiger partial charge in [0.15, 0.2) is 12.6 Å². The SMILES string of the molecule is COCOc1ccc(/C=C/C2CC(=O)C(I)=CC2C)cc1. The van der Waals surface area contributed by atoms with Gasteiger partial charge in [0, 0.05) is 13.5 Å². The van der Waals surface area contributed by atoms with Crippen LogP contribution in [0.4, 0.5) is 0 Å². The molecule has 0 aromatic heterocycles. The van der Waals surface area contributed by atoms with Crippen LogP contribution in [-0.4, -0.2) is 19.7 Å². The molecule has 0 bridgehead atoms. The Hall–Kier alpha value is -1.14. The van der Waals surface area contributed by atoms with Crippen molar-refractivity contribution in [2.24, 2.45) is 11.8 Å². The summed E-state index contributed by atoms with van der Waals surface area (Å²) in [6, 6.07) is 7.82. The Morgan fingerprint density at radius 1 is 1.33 bits per heavy atom. The van der Waals surface area contributed by atoms with Gasteiger partial charge in [0.05, 0.1) is 3.58 Å². The van der Waals surface area contributed by atoms with E-state index >= 15 is 0 Å².